The van der Waals surface area contributed by atoms with E-state index in [1.165, 1.54) is 0 Å². The van der Waals surface area contributed by atoms with Gasteiger partial charge in [0.05, 0.1) is 35.7 Å². The number of carbonyl (C=O) groups excluding carboxylic acids is 1. The molecule has 3 aliphatic heterocycles. The zero-order valence-corrected chi connectivity index (χ0v) is 26.2. The molecule has 9 nitrogen and oxygen atoms in total. The molecule has 3 saturated heterocycles. The minimum absolute atomic E-state index is 0.0173. The molecule has 3 aromatic carbocycles. The first-order valence-electron chi connectivity index (χ1n) is 15.4. The first-order valence-corrected chi connectivity index (χ1v) is 16.9. The third-order valence-corrected chi connectivity index (χ3v) is 11.3. The van der Waals surface area contributed by atoms with Gasteiger partial charge in [0, 0.05) is 36.3 Å². The summed E-state index contributed by atoms with van der Waals surface area (Å²) < 4.78 is 44.3. The highest BCUT2D eigenvalue weighted by Gasteiger charge is 2.47. The fraction of sp³-hybridized carbons (Fsp3) is 0.441. The Morgan fingerprint density at radius 3 is 2.05 bits per heavy atom. The average molecular weight is 620 g/mol. The first kappa shape index (κ1) is 30.6. The Labute approximate surface area is 259 Å². The van der Waals surface area contributed by atoms with Gasteiger partial charge in [0.15, 0.2) is 5.79 Å². The summed E-state index contributed by atoms with van der Waals surface area (Å²) in [6.07, 6.45) is 3.69. The number of nitrogen functional groups attached to an aromatic ring is 1. The maximum Gasteiger partial charge on any atom is 0.255 e. The lowest BCUT2D eigenvalue weighted by Crippen LogP contribution is -2.51. The van der Waals surface area contributed by atoms with Crippen LogP contribution in [0.5, 0.6) is 5.75 Å². The minimum Gasteiger partial charge on any atom is -0.497 e. The summed E-state index contributed by atoms with van der Waals surface area (Å²) in [5.41, 5.74) is 9.15. The monoisotopic (exact) mass is 619 g/mol. The van der Waals surface area contributed by atoms with Crippen molar-refractivity contribution in [1.29, 1.82) is 0 Å². The van der Waals surface area contributed by atoms with E-state index in [4.69, 9.17) is 19.9 Å². The lowest BCUT2D eigenvalue weighted by molar-refractivity contribution is -0.215. The van der Waals surface area contributed by atoms with Gasteiger partial charge in [-0.05, 0) is 93.7 Å². The standard InChI is InChI=1S/C34H41N3O6S/c1-24-4-3-5-31(32(24)35)33(38)37-20-16-27(17-21-37)36-18-14-26(15-19-36)34(42-22-23-43-34)25-6-10-29(11-7-25)44(39,40)30-12-8-28(41-2)9-13-30/h3-13,26-27H,14-23,35H2,1-2H3. The Kier molecular flexibility index (Phi) is 8.70. The molecule has 3 heterocycles. The minimum atomic E-state index is -3.67. The smallest absolute Gasteiger partial charge is 0.255 e. The summed E-state index contributed by atoms with van der Waals surface area (Å²) in [4.78, 5) is 18.1. The maximum absolute atomic E-state index is 13.3. The molecule has 6 rings (SSSR count). The largest absolute Gasteiger partial charge is 0.497 e. The number of para-hydroxylation sites is 1. The van der Waals surface area contributed by atoms with Crippen LogP contribution in [0, 0.1) is 12.8 Å². The number of piperidine rings is 2. The summed E-state index contributed by atoms with van der Waals surface area (Å²) in [5.74, 6) is -0.107. The maximum atomic E-state index is 13.3. The number of aryl methyl sites for hydroxylation is 1. The van der Waals surface area contributed by atoms with Crippen LogP contribution in [-0.2, 0) is 25.1 Å². The topological polar surface area (TPSA) is 111 Å². The summed E-state index contributed by atoms with van der Waals surface area (Å²) in [5, 5.41) is 0. The van der Waals surface area contributed by atoms with Crippen LogP contribution in [0.15, 0.2) is 76.5 Å². The number of rotatable bonds is 7. The van der Waals surface area contributed by atoms with Gasteiger partial charge in [0.1, 0.15) is 5.75 Å². The Bertz CT molecular complexity index is 1570. The van der Waals surface area contributed by atoms with Gasteiger partial charge >= 0.3 is 0 Å². The number of hydrogen-bond donors (Lipinski definition) is 1. The van der Waals surface area contributed by atoms with Gasteiger partial charge in [0.2, 0.25) is 9.84 Å². The Morgan fingerprint density at radius 1 is 0.864 bits per heavy atom. The molecule has 44 heavy (non-hydrogen) atoms. The highest BCUT2D eigenvalue weighted by molar-refractivity contribution is 7.91. The third-order valence-electron chi connectivity index (χ3n) is 9.54. The molecule has 3 aromatic rings. The summed E-state index contributed by atoms with van der Waals surface area (Å²) in [7, 11) is -2.12. The molecule has 0 atom stereocenters. The van der Waals surface area contributed by atoms with Crippen LogP contribution in [-0.4, -0.2) is 76.7 Å². The predicted molar refractivity (Wildman–Crippen MR) is 167 cm³/mol. The van der Waals surface area contributed by atoms with Crippen molar-refractivity contribution < 1.29 is 27.4 Å². The van der Waals surface area contributed by atoms with Crippen LogP contribution in [0.2, 0.25) is 0 Å². The Morgan fingerprint density at radius 2 is 1.45 bits per heavy atom. The zero-order valence-electron chi connectivity index (χ0n) is 25.4. The summed E-state index contributed by atoms with van der Waals surface area (Å²) in [6, 6.07) is 19.4. The Balaban J connectivity index is 1.08. The number of hydrogen-bond acceptors (Lipinski definition) is 8. The van der Waals surface area contributed by atoms with E-state index in [2.05, 4.69) is 4.90 Å². The van der Waals surface area contributed by atoms with E-state index in [9.17, 15) is 13.2 Å². The van der Waals surface area contributed by atoms with Gasteiger partial charge in [-0.1, -0.05) is 24.3 Å². The second kappa shape index (κ2) is 12.5. The van der Waals surface area contributed by atoms with E-state index in [-0.39, 0.29) is 21.6 Å². The fourth-order valence-electron chi connectivity index (χ4n) is 6.94. The quantitative estimate of drug-likeness (QED) is 0.381. The molecular weight excluding hydrogens is 578 g/mol. The van der Waals surface area contributed by atoms with Gasteiger partial charge in [-0.2, -0.15) is 0 Å². The van der Waals surface area contributed by atoms with Crippen molar-refractivity contribution in [1.82, 2.24) is 9.80 Å². The van der Waals surface area contributed by atoms with Crippen molar-refractivity contribution in [2.24, 2.45) is 5.92 Å². The molecule has 0 unspecified atom stereocenters. The molecule has 234 valence electrons. The third kappa shape index (κ3) is 5.72. The van der Waals surface area contributed by atoms with E-state index >= 15 is 0 Å². The van der Waals surface area contributed by atoms with Crippen molar-refractivity contribution in [3.63, 3.8) is 0 Å². The number of carbonyl (C=O) groups is 1. The summed E-state index contributed by atoms with van der Waals surface area (Å²) in [6.45, 7) is 6.22. The molecule has 0 radical (unpaired) electrons. The zero-order chi connectivity index (χ0) is 30.9. The molecule has 10 heteroatoms. The number of methoxy groups -OCH3 is 1. The lowest BCUT2D eigenvalue weighted by Gasteiger charge is -2.45. The number of ether oxygens (including phenoxy) is 3. The van der Waals surface area contributed by atoms with Crippen molar-refractivity contribution in [2.75, 3.05) is 52.2 Å². The average Bonchev–Trinajstić information content (AvgIpc) is 3.57. The number of amides is 1. The molecule has 3 aliphatic rings. The first-order chi connectivity index (χ1) is 21.2. The molecule has 1 amide bonds. The van der Waals surface area contributed by atoms with E-state index in [1.807, 2.05) is 42.2 Å². The van der Waals surface area contributed by atoms with Gasteiger partial charge in [-0.15, -0.1) is 0 Å². The van der Waals surface area contributed by atoms with Crippen molar-refractivity contribution in [3.05, 3.63) is 83.4 Å². The molecule has 0 saturated carbocycles. The Hall–Kier alpha value is -3.44. The molecule has 3 fully saturated rings. The normalized spacial score (nSPS) is 20.1. The fourth-order valence-corrected chi connectivity index (χ4v) is 8.20. The van der Waals surface area contributed by atoms with Gasteiger partial charge in [0.25, 0.3) is 5.91 Å². The van der Waals surface area contributed by atoms with Gasteiger partial charge in [-0.3, -0.25) is 4.79 Å². The number of sulfone groups is 1. The van der Waals surface area contributed by atoms with E-state index in [0.717, 1.165) is 63.0 Å². The lowest BCUT2D eigenvalue weighted by atomic mass is 9.83. The van der Waals surface area contributed by atoms with Crippen LogP contribution in [0.3, 0.4) is 0 Å². The van der Waals surface area contributed by atoms with E-state index in [0.29, 0.717) is 36.3 Å². The van der Waals surface area contributed by atoms with Crippen LogP contribution in [0.4, 0.5) is 5.69 Å². The van der Waals surface area contributed by atoms with Crippen molar-refractivity contribution >= 4 is 21.4 Å². The molecule has 0 spiro atoms. The van der Waals surface area contributed by atoms with Crippen LogP contribution in [0.25, 0.3) is 0 Å². The summed E-state index contributed by atoms with van der Waals surface area (Å²) >= 11 is 0. The van der Waals surface area contributed by atoms with Crippen LogP contribution < -0.4 is 10.5 Å². The van der Waals surface area contributed by atoms with Crippen LogP contribution in [0.1, 0.15) is 47.2 Å². The number of nitrogens with zero attached hydrogens (tertiary/aromatic N) is 2. The van der Waals surface area contributed by atoms with Crippen molar-refractivity contribution in [3.8, 4) is 5.75 Å². The highest BCUT2D eigenvalue weighted by Crippen LogP contribution is 2.44. The van der Waals surface area contributed by atoms with Crippen LogP contribution >= 0.6 is 0 Å². The molecular formula is C34H41N3O6S. The molecule has 0 aliphatic carbocycles. The SMILES string of the molecule is COc1ccc(S(=O)(=O)c2ccc(C3(C4CCN(C5CCN(C(=O)c6cccc(C)c6N)CC5)CC4)OCCO3)cc2)cc1. The van der Waals surface area contributed by atoms with E-state index < -0.39 is 15.6 Å². The molecule has 0 bridgehead atoms. The van der Waals surface area contributed by atoms with Gasteiger partial charge < -0.3 is 29.7 Å². The number of anilines is 1. The van der Waals surface area contributed by atoms with Gasteiger partial charge in [-0.25, -0.2) is 8.42 Å². The number of nitrogens with two attached hydrogens (primary N) is 1. The van der Waals surface area contributed by atoms with E-state index in [1.54, 1.807) is 43.5 Å². The molecule has 0 aromatic heterocycles. The molecule has 2 N–H and O–H groups in total. The highest BCUT2D eigenvalue weighted by atomic mass is 32.2. The second-order valence-electron chi connectivity index (χ2n) is 11.9. The number of likely N-dealkylation sites (tertiary alicyclic amines) is 2. The second-order valence-corrected chi connectivity index (χ2v) is 13.9. The van der Waals surface area contributed by atoms with Crippen molar-refractivity contribution in [2.45, 2.75) is 54.2 Å². The predicted octanol–water partition coefficient (Wildman–Crippen LogP) is 4.64. The number of benzene rings is 3.